The topological polar surface area (TPSA) is 61.8 Å². The minimum atomic E-state index is -0.628. The normalized spacial score (nSPS) is 22.2. The molecule has 0 radical (unpaired) electrons. The number of ether oxygens (including phenoxy) is 1. The number of rotatable bonds is 6. The number of morpholine rings is 1. The van der Waals surface area contributed by atoms with Gasteiger partial charge in [0.25, 0.3) is 0 Å². The first-order chi connectivity index (χ1) is 14.1. The summed E-state index contributed by atoms with van der Waals surface area (Å²) in [6, 6.07) is 10.3. The third kappa shape index (κ3) is 4.41. The van der Waals surface area contributed by atoms with Gasteiger partial charge in [-0.05, 0) is 47.7 Å². The monoisotopic (exact) mass is 402 g/mol. The molecule has 4 rings (SSSR count). The minimum absolute atomic E-state index is 0.0119. The number of hydrogen-bond donors (Lipinski definition) is 2. The number of aliphatic hydroxyl groups is 1. The molecule has 1 saturated carbocycles. The van der Waals surface area contributed by atoms with Crippen molar-refractivity contribution in [2.24, 2.45) is 5.92 Å². The highest BCUT2D eigenvalue weighted by molar-refractivity contribution is 5.83. The summed E-state index contributed by atoms with van der Waals surface area (Å²) in [6.45, 7) is 1.96. The first kappa shape index (κ1) is 19.8. The maximum atomic E-state index is 14.3. The molecule has 2 aromatic rings. The average molecular weight is 402 g/mol. The van der Waals surface area contributed by atoms with Crippen LogP contribution in [0.1, 0.15) is 29.5 Å². The van der Waals surface area contributed by atoms with Gasteiger partial charge in [-0.25, -0.2) is 8.78 Å². The van der Waals surface area contributed by atoms with Gasteiger partial charge in [-0.15, -0.1) is 0 Å². The van der Waals surface area contributed by atoms with Gasteiger partial charge in [0.1, 0.15) is 11.6 Å². The number of aliphatic hydroxyl groups excluding tert-OH is 1. The molecular formula is C22H24F2N2O3. The Morgan fingerprint density at radius 3 is 2.72 bits per heavy atom. The van der Waals surface area contributed by atoms with Crippen molar-refractivity contribution in [3.05, 3.63) is 65.2 Å². The number of anilines is 1. The van der Waals surface area contributed by atoms with Crippen molar-refractivity contribution in [3.63, 3.8) is 0 Å². The van der Waals surface area contributed by atoms with Crippen LogP contribution in [0.15, 0.2) is 42.5 Å². The molecule has 2 aliphatic rings. The fourth-order valence-electron chi connectivity index (χ4n) is 3.90. The zero-order valence-electron chi connectivity index (χ0n) is 16.0. The van der Waals surface area contributed by atoms with Crippen LogP contribution in [0, 0.1) is 17.6 Å². The molecule has 1 amide bonds. The maximum Gasteiger partial charge on any atom is 0.224 e. The highest BCUT2D eigenvalue weighted by Crippen LogP contribution is 2.47. The van der Waals surface area contributed by atoms with Crippen LogP contribution in [-0.2, 0) is 9.53 Å². The number of carbonyl (C=O) groups excluding carboxylic acids is 1. The molecular weight excluding hydrogens is 378 g/mol. The maximum absolute atomic E-state index is 14.3. The van der Waals surface area contributed by atoms with Crippen LogP contribution < -0.4 is 10.2 Å². The Hall–Kier alpha value is -2.51. The van der Waals surface area contributed by atoms with Crippen LogP contribution in [0.5, 0.6) is 0 Å². The first-order valence-corrected chi connectivity index (χ1v) is 9.85. The molecule has 7 heteroatoms. The van der Waals surface area contributed by atoms with E-state index in [1.54, 1.807) is 18.2 Å². The van der Waals surface area contributed by atoms with Gasteiger partial charge < -0.3 is 20.1 Å². The van der Waals surface area contributed by atoms with Crippen LogP contribution in [0.3, 0.4) is 0 Å². The van der Waals surface area contributed by atoms with Crippen molar-refractivity contribution >= 4 is 11.6 Å². The molecule has 0 aromatic heterocycles. The van der Waals surface area contributed by atoms with E-state index in [2.05, 4.69) is 5.32 Å². The van der Waals surface area contributed by atoms with Crippen molar-refractivity contribution in [2.75, 3.05) is 37.8 Å². The van der Waals surface area contributed by atoms with Gasteiger partial charge in [-0.3, -0.25) is 4.79 Å². The highest BCUT2D eigenvalue weighted by Gasteiger charge is 2.44. The molecule has 1 saturated heterocycles. The Bertz CT molecular complexity index is 886. The molecule has 2 aromatic carbocycles. The Kier molecular flexibility index (Phi) is 5.78. The van der Waals surface area contributed by atoms with Gasteiger partial charge in [-0.2, -0.15) is 0 Å². The number of nitrogens with one attached hydrogen (secondary N) is 1. The number of hydrogen-bond acceptors (Lipinski definition) is 4. The summed E-state index contributed by atoms with van der Waals surface area (Å²) in [4.78, 5) is 14.6. The predicted octanol–water partition coefficient (Wildman–Crippen LogP) is 2.75. The van der Waals surface area contributed by atoms with Crippen molar-refractivity contribution in [1.82, 2.24) is 5.32 Å². The summed E-state index contributed by atoms with van der Waals surface area (Å²) in [5, 5.41) is 12.7. The molecule has 2 unspecified atom stereocenters. The van der Waals surface area contributed by atoms with Crippen LogP contribution in [0.2, 0.25) is 0 Å². The number of halogens is 2. The Balaban J connectivity index is 1.45. The van der Waals surface area contributed by atoms with Crippen LogP contribution in [0.4, 0.5) is 14.5 Å². The molecule has 0 spiro atoms. The Labute approximate surface area is 168 Å². The van der Waals surface area contributed by atoms with E-state index in [-0.39, 0.29) is 36.0 Å². The Morgan fingerprint density at radius 1 is 1.21 bits per heavy atom. The summed E-state index contributed by atoms with van der Waals surface area (Å²) in [6.07, 6.45) is 0.649. The van der Waals surface area contributed by atoms with E-state index < -0.39 is 6.04 Å². The van der Waals surface area contributed by atoms with Crippen LogP contribution in [-0.4, -0.2) is 43.9 Å². The lowest BCUT2D eigenvalue weighted by Crippen LogP contribution is -2.37. The number of nitrogens with zero attached hydrogens (tertiary/aromatic N) is 1. The van der Waals surface area contributed by atoms with Gasteiger partial charge in [-0.1, -0.05) is 18.2 Å². The second kappa shape index (κ2) is 8.47. The quantitative estimate of drug-likeness (QED) is 0.780. The van der Waals surface area contributed by atoms with Gasteiger partial charge in [0, 0.05) is 19.0 Å². The fraction of sp³-hybridized carbons (Fsp3) is 0.409. The van der Waals surface area contributed by atoms with Crippen LogP contribution >= 0.6 is 0 Å². The largest absolute Gasteiger partial charge is 0.394 e. The molecule has 1 aliphatic heterocycles. The standard InChI is InChI=1S/C22H24F2N2O3/c23-16-3-1-2-14(10-16)17-12-18(17)22(28)25-20(13-27)15-4-5-19(24)21(11-15)26-6-8-29-9-7-26/h1-5,10-11,17-18,20,27H,6-9,12-13H2,(H,25,28)/t17?,18?,20-/m0/s1. The van der Waals surface area contributed by atoms with E-state index in [0.717, 1.165) is 5.56 Å². The highest BCUT2D eigenvalue weighted by atomic mass is 19.1. The van der Waals surface area contributed by atoms with E-state index in [9.17, 15) is 18.7 Å². The molecule has 0 bridgehead atoms. The molecule has 5 nitrogen and oxygen atoms in total. The predicted molar refractivity (Wildman–Crippen MR) is 105 cm³/mol. The lowest BCUT2D eigenvalue weighted by molar-refractivity contribution is -0.123. The fourth-order valence-corrected chi connectivity index (χ4v) is 3.90. The van der Waals surface area contributed by atoms with Gasteiger partial charge in [0.15, 0.2) is 0 Å². The number of benzene rings is 2. The van der Waals surface area contributed by atoms with Crippen molar-refractivity contribution in [2.45, 2.75) is 18.4 Å². The second-order valence-corrected chi connectivity index (χ2v) is 7.56. The molecule has 3 atom stereocenters. The molecule has 2 fully saturated rings. The average Bonchev–Trinajstić information content (AvgIpc) is 3.54. The van der Waals surface area contributed by atoms with E-state index in [4.69, 9.17) is 4.74 Å². The van der Waals surface area contributed by atoms with E-state index in [1.807, 2.05) is 11.0 Å². The SMILES string of the molecule is O=C(N[C@@H](CO)c1ccc(F)c(N2CCOCC2)c1)C1CC1c1cccc(F)c1. The number of carbonyl (C=O) groups is 1. The molecule has 2 N–H and O–H groups in total. The second-order valence-electron chi connectivity index (χ2n) is 7.56. The van der Waals surface area contributed by atoms with E-state index >= 15 is 0 Å². The zero-order chi connectivity index (χ0) is 20.4. The van der Waals surface area contributed by atoms with Gasteiger partial charge in [0.05, 0.1) is 31.5 Å². The van der Waals surface area contributed by atoms with Crippen LogP contribution in [0.25, 0.3) is 0 Å². The van der Waals surface area contributed by atoms with E-state index in [1.165, 1.54) is 18.2 Å². The number of amides is 1. The van der Waals surface area contributed by atoms with E-state index in [0.29, 0.717) is 44.0 Å². The third-order valence-corrected chi connectivity index (χ3v) is 5.63. The summed E-state index contributed by atoms with van der Waals surface area (Å²) < 4.78 is 33.1. The summed E-state index contributed by atoms with van der Waals surface area (Å²) in [5.74, 6) is -1.10. The molecule has 154 valence electrons. The summed E-state index contributed by atoms with van der Waals surface area (Å²) >= 11 is 0. The van der Waals surface area contributed by atoms with Gasteiger partial charge in [0.2, 0.25) is 5.91 Å². The summed E-state index contributed by atoms with van der Waals surface area (Å²) in [5.41, 5.74) is 1.90. The third-order valence-electron chi connectivity index (χ3n) is 5.63. The van der Waals surface area contributed by atoms with Gasteiger partial charge >= 0.3 is 0 Å². The van der Waals surface area contributed by atoms with Crippen molar-refractivity contribution in [1.29, 1.82) is 0 Å². The van der Waals surface area contributed by atoms with Crippen molar-refractivity contribution < 1.29 is 23.4 Å². The molecule has 29 heavy (non-hydrogen) atoms. The lowest BCUT2D eigenvalue weighted by atomic mass is 10.0. The minimum Gasteiger partial charge on any atom is -0.394 e. The molecule has 1 aliphatic carbocycles. The smallest absolute Gasteiger partial charge is 0.224 e. The summed E-state index contributed by atoms with van der Waals surface area (Å²) in [7, 11) is 0. The Morgan fingerprint density at radius 2 is 2.00 bits per heavy atom. The van der Waals surface area contributed by atoms with Crippen molar-refractivity contribution in [3.8, 4) is 0 Å². The lowest BCUT2D eigenvalue weighted by Gasteiger charge is -2.30. The first-order valence-electron chi connectivity index (χ1n) is 9.85. The molecule has 1 heterocycles. The zero-order valence-corrected chi connectivity index (χ0v) is 16.0.